The van der Waals surface area contributed by atoms with E-state index >= 15 is 0 Å². The van der Waals surface area contributed by atoms with Crippen LogP contribution < -0.4 is 10.1 Å². The van der Waals surface area contributed by atoms with Crippen LogP contribution in [0.3, 0.4) is 0 Å². The zero-order valence-electron chi connectivity index (χ0n) is 14.3. The molecule has 1 aromatic heterocycles. The summed E-state index contributed by atoms with van der Waals surface area (Å²) in [5.74, 6) is 2.11. The molecule has 1 N–H and O–H groups in total. The lowest BCUT2D eigenvalue weighted by Gasteiger charge is -2.26. The molecule has 0 aliphatic carbocycles. The molecule has 0 bridgehead atoms. The maximum Gasteiger partial charge on any atom is 0.258 e. The van der Waals surface area contributed by atoms with Crippen molar-refractivity contribution >= 4 is 17.5 Å². The van der Waals surface area contributed by atoms with E-state index in [-0.39, 0.29) is 18.6 Å². The van der Waals surface area contributed by atoms with Gasteiger partial charge in [0.25, 0.3) is 5.91 Å². The Morgan fingerprint density at radius 3 is 2.72 bits per heavy atom. The number of aryl methyl sites for hydroxylation is 1. The van der Waals surface area contributed by atoms with Gasteiger partial charge in [-0.3, -0.25) is 9.69 Å². The van der Waals surface area contributed by atoms with Crippen molar-refractivity contribution in [2.75, 3.05) is 26.2 Å². The predicted molar refractivity (Wildman–Crippen MR) is 96.9 cm³/mol. The molecule has 1 aliphatic heterocycles. The molecule has 3 rings (SSSR count). The molecule has 0 radical (unpaired) electrons. The van der Waals surface area contributed by atoms with Gasteiger partial charge in [-0.25, -0.2) is 0 Å². The summed E-state index contributed by atoms with van der Waals surface area (Å²) in [4.78, 5) is 14.5. The number of furan rings is 1. The van der Waals surface area contributed by atoms with E-state index in [9.17, 15) is 4.79 Å². The SMILES string of the molecule is Cc1ccc([C@@H](CNC(=O)COc2ccccc2Cl)N2CCCC2)o1. The normalized spacial score (nSPS) is 15.9. The van der Waals surface area contributed by atoms with Crippen molar-refractivity contribution in [1.29, 1.82) is 0 Å². The van der Waals surface area contributed by atoms with E-state index in [1.54, 1.807) is 12.1 Å². The van der Waals surface area contributed by atoms with Gasteiger partial charge >= 0.3 is 0 Å². The van der Waals surface area contributed by atoms with Crippen molar-refractivity contribution in [2.45, 2.75) is 25.8 Å². The van der Waals surface area contributed by atoms with Gasteiger partial charge in [-0.1, -0.05) is 23.7 Å². The lowest BCUT2D eigenvalue weighted by molar-refractivity contribution is -0.123. The summed E-state index contributed by atoms with van der Waals surface area (Å²) in [6.07, 6.45) is 2.36. The van der Waals surface area contributed by atoms with Crippen molar-refractivity contribution in [3.8, 4) is 5.75 Å². The first-order valence-electron chi connectivity index (χ1n) is 8.58. The Morgan fingerprint density at radius 2 is 2.04 bits per heavy atom. The molecule has 1 atom stereocenters. The number of hydrogen-bond donors (Lipinski definition) is 1. The van der Waals surface area contributed by atoms with Crippen molar-refractivity contribution in [3.05, 3.63) is 52.9 Å². The van der Waals surface area contributed by atoms with E-state index in [1.807, 2.05) is 31.2 Å². The van der Waals surface area contributed by atoms with Crippen LogP contribution in [0.15, 0.2) is 40.8 Å². The second kappa shape index (κ2) is 8.41. The van der Waals surface area contributed by atoms with Gasteiger partial charge in [0.2, 0.25) is 0 Å². The molecule has 0 spiro atoms. The molecule has 1 fully saturated rings. The molecule has 2 heterocycles. The van der Waals surface area contributed by atoms with Crippen LogP contribution in [0.25, 0.3) is 0 Å². The Kier molecular flexibility index (Phi) is 6.00. The molecule has 5 nitrogen and oxygen atoms in total. The lowest BCUT2D eigenvalue weighted by Crippen LogP contribution is -2.38. The second-order valence-electron chi connectivity index (χ2n) is 6.23. The van der Waals surface area contributed by atoms with Gasteiger partial charge in [-0.2, -0.15) is 0 Å². The molecule has 25 heavy (non-hydrogen) atoms. The molecule has 1 aromatic carbocycles. The number of benzene rings is 1. The van der Waals surface area contributed by atoms with E-state index in [4.69, 9.17) is 20.8 Å². The number of nitrogens with one attached hydrogen (secondary N) is 1. The molecule has 2 aromatic rings. The molecular weight excluding hydrogens is 340 g/mol. The minimum atomic E-state index is -0.174. The Balaban J connectivity index is 1.55. The van der Waals surface area contributed by atoms with Crippen LogP contribution >= 0.6 is 11.6 Å². The van der Waals surface area contributed by atoms with Crippen LogP contribution in [0.5, 0.6) is 5.75 Å². The minimum Gasteiger partial charge on any atom is -0.482 e. The summed E-state index contributed by atoms with van der Waals surface area (Å²) in [6, 6.07) is 11.1. The van der Waals surface area contributed by atoms with E-state index in [2.05, 4.69) is 10.2 Å². The fourth-order valence-electron chi connectivity index (χ4n) is 3.06. The number of carbonyl (C=O) groups excluding carboxylic acids is 1. The quantitative estimate of drug-likeness (QED) is 0.818. The molecule has 0 unspecified atom stereocenters. The summed E-state index contributed by atoms with van der Waals surface area (Å²) in [6.45, 7) is 4.42. The first kappa shape index (κ1) is 17.8. The topological polar surface area (TPSA) is 54.7 Å². The van der Waals surface area contributed by atoms with Gasteiger partial charge in [0.05, 0.1) is 11.1 Å². The summed E-state index contributed by atoms with van der Waals surface area (Å²) in [5, 5.41) is 3.44. The molecule has 1 aliphatic rings. The minimum absolute atomic E-state index is 0.0560. The highest BCUT2D eigenvalue weighted by atomic mass is 35.5. The maximum atomic E-state index is 12.2. The van der Waals surface area contributed by atoms with E-state index in [1.165, 1.54) is 12.8 Å². The number of carbonyl (C=O) groups is 1. The first-order valence-corrected chi connectivity index (χ1v) is 8.95. The van der Waals surface area contributed by atoms with E-state index < -0.39 is 0 Å². The molecule has 0 saturated carbocycles. The lowest BCUT2D eigenvalue weighted by atomic mass is 10.2. The molecular formula is C19H23ClN2O3. The third kappa shape index (κ3) is 4.77. The maximum absolute atomic E-state index is 12.2. The first-order chi connectivity index (χ1) is 12.1. The van der Waals surface area contributed by atoms with Crippen molar-refractivity contribution in [3.63, 3.8) is 0 Å². The number of ether oxygens (including phenoxy) is 1. The van der Waals surface area contributed by atoms with Gasteiger partial charge in [0, 0.05) is 6.54 Å². The third-order valence-electron chi connectivity index (χ3n) is 4.36. The summed E-state index contributed by atoms with van der Waals surface area (Å²) >= 11 is 6.03. The molecule has 6 heteroatoms. The summed E-state index contributed by atoms with van der Waals surface area (Å²) in [7, 11) is 0. The molecule has 134 valence electrons. The number of likely N-dealkylation sites (tertiary alicyclic amines) is 1. The number of nitrogens with zero attached hydrogens (tertiary/aromatic N) is 1. The van der Waals surface area contributed by atoms with Crippen LogP contribution in [0, 0.1) is 6.92 Å². The second-order valence-corrected chi connectivity index (χ2v) is 6.64. The smallest absolute Gasteiger partial charge is 0.258 e. The number of hydrogen-bond acceptors (Lipinski definition) is 4. The van der Waals surface area contributed by atoms with Gasteiger partial charge in [-0.05, 0) is 57.1 Å². The average Bonchev–Trinajstić information content (AvgIpc) is 3.27. The van der Waals surface area contributed by atoms with Gasteiger partial charge < -0.3 is 14.5 Å². The number of rotatable bonds is 7. The Morgan fingerprint density at radius 1 is 1.28 bits per heavy atom. The fourth-order valence-corrected chi connectivity index (χ4v) is 3.25. The van der Waals surface area contributed by atoms with Crippen LogP contribution in [-0.2, 0) is 4.79 Å². The van der Waals surface area contributed by atoms with Gasteiger partial charge in [0.1, 0.15) is 17.3 Å². The van der Waals surface area contributed by atoms with Crippen molar-refractivity contribution in [1.82, 2.24) is 10.2 Å². The largest absolute Gasteiger partial charge is 0.482 e. The van der Waals surface area contributed by atoms with Crippen LogP contribution in [0.4, 0.5) is 0 Å². The Hall–Kier alpha value is -1.98. The highest BCUT2D eigenvalue weighted by Gasteiger charge is 2.26. The highest BCUT2D eigenvalue weighted by molar-refractivity contribution is 6.32. The standard InChI is InChI=1S/C19H23ClN2O3/c1-14-8-9-18(25-14)16(22-10-4-5-11-22)12-21-19(23)13-24-17-7-3-2-6-15(17)20/h2-3,6-9,16H,4-5,10-13H2,1H3,(H,21,23)/t16-/m1/s1. The zero-order valence-corrected chi connectivity index (χ0v) is 15.1. The summed E-state index contributed by atoms with van der Waals surface area (Å²) < 4.78 is 11.3. The average molecular weight is 363 g/mol. The third-order valence-corrected chi connectivity index (χ3v) is 4.67. The number of halogens is 1. The predicted octanol–water partition coefficient (Wildman–Crippen LogP) is 3.57. The molecule has 1 saturated heterocycles. The van der Waals surface area contributed by atoms with E-state index in [0.717, 1.165) is 24.6 Å². The Labute approximate surface area is 152 Å². The van der Waals surface area contributed by atoms with Crippen LogP contribution in [0.2, 0.25) is 5.02 Å². The van der Waals surface area contributed by atoms with E-state index in [0.29, 0.717) is 17.3 Å². The van der Waals surface area contributed by atoms with Gasteiger partial charge in [-0.15, -0.1) is 0 Å². The Bertz CT molecular complexity index is 710. The van der Waals surface area contributed by atoms with Crippen molar-refractivity contribution in [2.24, 2.45) is 0 Å². The monoisotopic (exact) mass is 362 g/mol. The van der Waals surface area contributed by atoms with Crippen LogP contribution in [-0.4, -0.2) is 37.0 Å². The number of para-hydroxylation sites is 1. The zero-order chi connectivity index (χ0) is 17.6. The van der Waals surface area contributed by atoms with Gasteiger partial charge in [0.15, 0.2) is 6.61 Å². The van der Waals surface area contributed by atoms with Crippen LogP contribution in [0.1, 0.15) is 30.4 Å². The van der Waals surface area contributed by atoms with Crippen molar-refractivity contribution < 1.29 is 13.9 Å². The highest BCUT2D eigenvalue weighted by Crippen LogP contribution is 2.26. The molecule has 1 amide bonds. The summed E-state index contributed by atoms with van der Waals surface area (Å²) in [5.41, 5.74) is 0. The fraction of sp³-hybridized carbons (Fsp3) is 0.421. The number of amides is 1.